The zero-order valence-corrected chi connectivity index (χ0v) is 14.4. The van der Waals surface area contributed by atoms with Gasteiger partial charge >= 0.3 is 12.3 Å². The number of hydrogen-bond donors (Lipinski definition) is 4. The average molecular weight is 360 g/mol. The van der Waals surface area contributed by atoms with Gasteiger partial charge in [0.25, 0.3) is 0 Å². The van der Waals surface area contributed by atoms with E-state index in [0.717, 1.165) is 11.8 Å². The Kier molecular flexibility index (Phi) is 9.31. The summed E-state index contributed by atoms with van der Waals surface area (Å²) in [4.78, 5) is 17.1. The molecule has 0 aromatic heterocycles. The second-order valence-corrected chi connectivity index (χ2v) is 5.95. The first-order valence-electron chi connectivity index (χ1n) is 8.33. The van der Waals surface area contributed by atoms with Crippen molar-refractivity contribution < 1.29 is 30.0 Å². The van der Waals surface area contributed by atoms with Crippen molar-refractivity contribution >= 4 is 12.3 Å². The van der Waals surface area contributed by atoms with Crippen LogP contribution in [0, 0.1) is 0 Å². The molecule has 2 aromatic carbocycles. The molecule has 2 atom stereocenters. The quantitative estimate of drug-likeness (QED) is 0.556. The monoisotopic (exact) mass is 360 g/mol. The molecule has 2 aromatic rings. The molecule has 1 aliphatic carbocycles. The molecule has 1 fully saturated rings. The van der Waals surface area contributed by atoms with Gasteiger partial charge in [-0.05, 0) is 42.2 Å². The Balaban J connectivity index is 0.000000360. The molecule has 6 heteroatoms. The Morgan fingerprint density at radius 1 is 0.654 bits per heavy atom. The zero-order valence-electron chi connectivity index (χ0n) is 14.4. The molecule has 2 unspecified atom stereocenters. The van der Waals surface area contributed by atoms with Gasteiger partial charge in [0.15, 0.2) is 0 Å². The largest absolute Gasteiger partial charge is 0.503 e. The first kappa shape index (κ1) is 21.0. The van der Waals surface area contributed by atoms with E-state index in [1.54, 1.807) is 0 Å². The molecule has 0 heterocycles. The summed E-state index contributed by atoms with van der Waals surface area (Å²) in [5, 5.41) is 27.9. The van der Waals surface area contributed by atoms with Gasteiger partial charge in [-0.25, -0.2) is 9.59 Å². The molecule has 0 bridgehead atoms. The van der Waals surface area contributed by atoms with Crippen molar-refractivity contribution in [2.45, 2.75) is 37.5 Å². The Hall–Kier alpha value is -3.02. The summed E-state index contributed by atoms with van der Waals surface area (Å²) in [5.74, 6) is 1.51. The first-order chi connectivity index (χ1) is 12.4. The summed E-state index contributed by atoms with van der Waals surface area (Å²) in [6.07, 6.45) is 1.72. The van der Waals surface area contributed by atoms with Crippen molar-refractivity contribution in [3.63, 3.8) is 0 Å². The van der Waals surface area contributed by atoms with Crippen molar-refractivity contribution in [2.75, 3.05) is 0 Å². The molecule has 6 nitrogen and oxygen atoms in total. The lowest BCUT2D eigenvalue weighted by Crippen LogP contribution is -2.12. The van der Waals surface area contributed by atoms with E-state index in [-0.39, 0.29) is 0 Å². The van der Waals surface area contributed by atoms with Crippen LogP contribution in [-0.2, 0) is 0 Å². The molecule has 26 heavy (non-hydrogen) atoms. The van der Waals surface area contributed by atoms with Crippen LogP contribution in [0.15, 0.2) is 60.7 Å². The Bertz CT molecular complexity index is 591. The summed E-state index contributed by atoms with van der Waals surface area (Å²) >= 11 is 0. The highest BCUT2D eigenvalue weighted by atomic mass is 16.6. The topological polar surface area (TPSA) is 115 Å². The van der Waals surface area contributed by atoms with E-state index >= 15 is 0 Å². The lowest BCUT2D eigenvalue weighted by Gasteiger charge is -2.29. The van der Waals surface area contributed by atoms with Gasteiger partial charge in [-0.1, -0.05) is 67.1 Å². The fraction of sp³-hybridized carbons (Fsp3) is 0.300. The second-order valence-electron chi connectivity index (χ2n) is 5.95. The number of benzene rings is 2. The summed E-state index contributed by atoms with van der Waals surface area (Å²) in [5.41, 5.74) is 3.05. The highest BCUT2D eigenvalue weighted by molar-refractivity contribution is 5.53. The van der Waals surface area contributed by atoms with Crippen LogP contribution in [0.5, 0.6) is 0 Å². The van der Waals surface area contributed by atoms with Gasteiger partial charge in [-0.3, -0.25) is 0 Å². The van der Waals surface area contributed by atoms with Crippen molar-refractivity contribution in [3.8, 4) is 0 Å². The highest BCUT2D eigenvalue weighted by Gasteiger charge is 2.23. The molecule has 0 amide bonds. The van der Waals surface area contributed by atoms with E-state index in [4.69, 9.17) is 30.0 Å². The summed E-state index contributed by atoms with van der Waals surface area (Å²) in [6.45, 7) is 0. The van der Waals surface area contributed by atoms with Crippen LogP contribution in [0.4, 0.5) is 9.59 Å². The number of carbonyl (C=O) groups is 2. The van der Waals surface area contributed by atoms with Gasteiger partial charge in [0.2, 0.25) is 0 Å². The van der Waals surface area contributed by atoms with E-state index < -0.39 is 12.3 Å². The van der Waals surface area contributed by atoms with Gasteiger partial charge in [0.05, 0.1) is 0 Å². The van der Waals surface area contributed by atoms with Crippen molar-refractivity contribution in [3.05, 3.63) is 71.8 Å². The van der Waals surface area contributed by atoms with Crippen molar-refractivity contribution in [1.82, 2.24) is 0 Å². The Labute approximate surface area is 152 Å². The molecule has 1 aliphatic rings. The van der Waals surface area contributed by atoms with Gasteiger partial charge < -0.3 is 20.4 Å². The normalized spacial score (nSPS) is 18.3. The van der Waals surface area contributed by atoms with Crippen LogP contribution >= 0.6 is 0 Å². The van der Waals surface area contributed by atoms with Crippen LogP contribution in [-0.4, -0.2) is 32.7 Å². The van der Waals surface area contributed by atoms with Crippen molar-refractivity contribution in [1.29, 1.82) is 0 Å². The molecule has 3 rings (SSSR count). The van der Waals surface area contributed by atoms with Gasteiger partial charge in [-0.2, -0.15) is 0 Å². The highest BCUT2D eigenvalue weighted by Crippen LogP contribution is 2.40. The van der Waals surface area contributed by atoms with Gasteiger partial charge in [-0.15, -0.1) is 0 Å². The lowest BCUT2D eigenvalue weighted by atomic mass is 9.75. The van der Waals surface area contributed by atoms with Crippen LogP contribution in [0.2, 0.25) is 0 Å². The maximum atomic E-state index is 8.56. The number of carboxylic acid groups (broad SMARTS) is 4. The van der Waals surface area contributed by atoms with Gasteiger partial charge in [0.1, 0.15) is 0 Å². The maximum Gasteiger partial charge on any atom is 0.503 e. The number of hydrogen-bond acceptors (Lipinski definition) is 2. The molecule has 0 radical (unpaired) electrons. The summed E-state index contributed by atoms with van der Waals surface area (Å²) in [7, 11) is 0. The second kappa shape index (κ2) is 11.5. The lowest BCUT2D eigenvalue weighted by molar-refractivity contribution is 0.135. The molecule has 140 valence electrons. The minimum Gasteiger partial charge on any atom is -0.450 e. The predicted octanol–water partition coefficient (Wildman–Crippen LogP) is 5.57. The molecule has 0 saturated heterocycles. The van der Waals surface area contributed by atoms with Crippen LogP contribution in [0.25, 0.3) is 0 Å². The first-order valence-corrected chi connectivity index (χ1v) is 8.33. The van der Waals surface area contributed by atoms with E-state index in [1.807, 2.05) is 0 Å². The molecule has 1 saturated carbocycles. The third kappa shape index (κ3) is 8.73. The average Bonchev–Trinajstić information content (AvgIpc) is 2.62. The maximum absolute atomic E-state index is 8.56. The van der Waals surface area contributed by atoms with Crippen LogP contribution in [0.1, 0.15) is 48.6 Å². The summed E-state index contributed by atoms with van der Waals surface area (Å²) in [6, 6.07) is 22.1. The number of rotatable bonds is 2. The molecular formula is C20H24O6. The third-order valence-corrected chi connectivity index (χ3v) is 4.22. The van der Waals surface area contributed by atoms with E-state index in [1.165, 1.54) is 36.8 Å². The fourth-order valence-corrected chi connectivity index (χ4v) is 3.25. The SMILES string of the molecule is O=C(O)O.O=C(O)O.c1ccc(C2CCCC(c3ccccc3)C2)cc1. The van der Waals surface area contributed by atoms with E-state index in [9.17, 15) is 0 Å². The third-order valence-electron chi connectivity index (χ3n) is 4.22. The summed E-state index contributed by atoms with van der Waals surface area (Å²) < 4.78 is 0. The van der Waals surface area contributed by atoms with Gasteiger partial charge in [0, 0.05) is 0 Å². The molecule has 0 spiro atoms. The zero-order chi connectivity index (χ0) is 19.4. The smallest absolute Gasteiger partial charge is 0.450 e. The standard InChI is InChI=1S/C18H20.2CH2O3/c1-3-8-15(9-4-1)17-12-7-13-18(14-17)16-10-5-2-6-11-16;2*2-1(3)4/h1-6,8-11,17-18H,7,12-14H2;2*(H2,2,3,4). The Morgan fingerprint density at radius 2 is 0.962 bits per heavy atom. The molecular weight excluding hydrogens is 336 g/mol. The van der Waals surface area contributed by atoms with Crippen LogP contribution < -0.4 is 0 Å². The molecule has 0 aliphatic heterocycles. The van der Waals surface area contributed by atoms with E-state index in [2.05, 4.69) is 60.7 Å². The minimum absolute atomic E-state index is 0.755. The van der Waals surface area contributed by atoms with Crippen LogP contribution in [0.3, 0.4) is 0 Å². The molecule has 4 N–H and O–H groups in total. The van der Waals surface area contributed by atoms with E-state index in [0.29, 0.717) is 0 Å². The minimum atomic E-state index is -1.83. The fourth-order valence-electron chi connectivity index (χ4n) is 3.25. The predicted molar refractivity (Wildman–Crippen MR) is 98.1 cm³/mol. The van der Waals surface area contributed by atoms with Crippen molar-refractivity contribution in [2.24, 2.45) is 0 Å². The Morgan fingerprint density at radius 3 is 1.27 bits per heavy atom.